The molecule has 2 heterocycles. The Labute approximate surface area is 115 Å². The first-order valence-corrected chi connectivity index (χ1v) is 6.69. The van der Waals surface area contributed by atoms with Crippen LogP contribution in [0.25, 0.3) is 11.0 Å². The minimum atomic E-state index is -0.0478. The summed E-state index contributed by atoms with van der Waals surface area (Å²) in [6, 6.07) is 8.51. The van der Waals surface area contributed by atoms with Crippen LogP contribution in [0.4, 0.5) is 0 Å². The van der Waals surface area contributed by atoms with Crippen molar-refractivity contribution >= 4 is 11.0 Å². The lowest BCUT2D eigenvalue weighted by Gasteiger charge is -2.12. The predicted molar refractivity (Wildman–Crippen MR) is 75.7 cm³/mol. The van der Waals surface area contributed by atoms with Gasteiger partial charge in [-0.05, 0) is 24.0 Å². The van der Waals surface area contributed by atoms with Crippen LogP contribution in [0, 0.1) is 0 Å². The number of hydrogen-bond acceptors (Lipinski definition) is 3. The van der Waals surface area contributed by atoms with Crippen molar-refractivity contribution in [2.75, 3.05) is 0 Å². The Bertz CT molecular complexity index is 837. The summed E-state index contributed by atoms with van der Waals surface area (Å²) >= 11 is 0. The van der Waals surface area contributed by atoms with Gasteiger partial charge in [0.15, 0.2) is 5.52 Å². The molecule has 3 aromatic rings. The fourth-order valence-electron chi connectivity index (χ4n) is 3.01. The molecular weight excluding hydrogens is 252 g/mol. The van der Waals surface area contributed by atoms with Crippen LogP contribution >= 0.6 is 0 Å². The molecule has 0 unspecified atom stereocenters. The molecule has 20 heavy (non-hydrogen) atoms. The molecule has 0 saturated heterocycles. The summed E-state index contributed by atoms with van der Waals surface area (Å²) in [5.41, 5.74) is 3.71. The Morgan fingerprint density at radius 2 is 1.90 bits per heavy atom. The third kappa shape index (κ3) is 1.59. The summed E-state index contributed by atoms with van der Waals surface area (Å²) in [6.07, 6.45) is 5.19. The predicted octanol–water partition coefficient (Wildman–Crippen LogP) is 1.47. The van der Waals surface area contributed by atoms with E-state index >= 15 is 0 Å². The topological polar surface area (TPSA) is 52.7 Å². The van der Waals surface area contributed by atoms with E-state index in [4.69, 9.17) is 0 Å². The minimum Gasteiger partial charge on any atom is -0.294 e. The Kier molecular flexibility index (Phi) is 2.30. The highest BCUT2D eigenvalue weighted by Crippen LogP contribution is 2.29. The third-order valence-corrected chi connectivity index (χ3v) is 3.99. The van der Waals surface area contributed by atoms with E-state index in [2.05, 4.69) is 22.2 Å². The maximum atomic E-state index is 12.5. The number of nitrogens with zero attached hydrogens (tertiary/aromatic N) is 4. The average molecular weight is 266 g/mol. The van der Waals surface area contributed by atoms with Crippen LogP contribution in [0.15, 0.2) is 41.6 Å². The van der Waals surface area contributed by atoms with E-state index in [1.54, 1.807) is 28.8 Å². The zero-order chi connectivity index (χ0) is 13.7. The van der Waals surface area contributed by atoms with Gasteiger partial charge in [-0.25, -0.2) is 4.98 Å². The molecule has 1 aliphatic carbocycles. The summed E-state index contributed by atoms with van der Waals surface area (Å²) in [5.74, 6) is 0. The number of aromatic nitrogens is 4. The molecule has 100 valence electrons. The second kappa shape index (κ2) is 4.03. The standard InChI is InChI=1S/C15H14N4O/c1-18-8-13-14(17-18)15(20)19(9-16-13)12-6-10-4-2-3-5-11(10)7-12/h2-5,8-9,12H,6-7H2,1H3. The average Bonchev–Trinajstić information content (AvgIpc) is 3.02. The van der Waals surface area contributed by atoms with E-state index in [1.165, 1.54) is 11.1 Å². The van der Waals surface area contributed by atoms with Crippen LogP contribution in [0.1, 0.15) is 17.2 Å². The molecule has 2 aromatic heterocycles. The van der Waals surface area contributed by atoms with Crippen molar-refractivity contribution < 1.29 is 0 Å². The zero-order valence-corrected chi connectivity index (χ0v) is 11.2. The van der Waals surface area contributed by atoms with Gasteiger partial charge in [-0.15, -0.1) is 0 Å². The van der Waals surface area contributed by atoms with Gasteiger partial charge < -0.3 is 0 Å². The van der Waals surface area contributed by atoms with E-state index in [9.17, 15) is 4.79 Å². The fraction of sp³-hybridized carbons (Fsp3) is 0.267. The largest absolute Gasteiger partial charge is 0.294 e. The Hall–Kier alpha value is -2.43. The molecule has 5 nitrogen and oxygen atoms in total. The second-order valence-electron chi connectivity index (χ2n) is 5.32. The van der Waals surface area contributed by atoms with Crippen molar-refractivity contribution in [2.24, 2.45) is 7.05 Å². The zero-order valence-electron chi connectivity index (χ0n) is 11.2. The van der Waals surface area contributed by atoms with Gasteiger partial charge in [0.1, 0.15) is 5.52 Å². The van der Waals surface area contributed by atoms with Crippen LogP contribution in [0.5, 0.6) is 0 Å². The third-order valence-electron chi connectivity index (χ3n) is 3.99. The first-order chi connectivity index (χ1) is 9.72. The molecule has 0 saturated carbocycles. The van der Waals surface area contributed by atoms with Crippen molar-refractivity contribution in [1.82, 2.24) is 19.3 Å². The minimum absolute atomic E-state index is 0.0478. The number of benzene rings is 1. The fourth-order valence-corrected chi connectivity index (χ4v) is 3.01. The van der Waals surface area contributed by atoms with Gasteiger partial charge in [-0.2, -0.15) is 5.10 Å². The Balaban J connectivity index is 1.81. The molecule has 0 N–H and O–H groups in total. The first kappa shape index (κ1) is 11.4. The van der Waals surface area contributed by atoms with Gasteiger partial charge in [-0.3, -0.25) is 14.0 Å². The van der Waals surface area contributed by atoms with Gasteiger partial charge in [0.05, 0.1) is 12.5 Å². The first-order valence-electron chi connectivity index (χ1n) is 6.69. The van der Waals surface area contributed by atoms with E-state index in [-0.39, 0.29) is 11.6 Å². The lowest BCUT2D eigenvalue weighted by molar-refractivity contribution is 0.508. The second-order valence-corrected chi connectivity index (χ2v) is 5.32. The van der Waals surface area contributed by atoms with Crippen LogP contribution < -0.4 is 5.56 Å². The van der Waals surface area contributed by atoms with Crippen molar-refractivity contribution in [3.8, 4) is 0 Å². The van der Waals surface area contributed by atoms with Crippen molar-refractivity contribution in [2.45, 2.75) is 18.9 Å². The highest BCUT2D eigenvalue weighted by molar-refractivity contribution is 5.71. The lowest BCUT2D eigenvalue weighted by Crippen LogP contribution is -2.25. The SMILES string of the molecule is Cn1cc2ncn(C3Cc4ccccc4C3)c(=O)c2n1. The summed E-state index contributed by atoms with van der Waals surface area (Å²) in [5, 5.41) is 4.21. The van der Waals surface area contributed by atoms with E-state index < -0.39 is 0 Å². The van der Waals surface area contributed by atoms with Crippen LogP contribution in [0.2, 0.25) is 0 Å². The van der Waals surface area contributed by atoms with Gasteiger partial charge in [-0.1, -0.05) is 24.3 Å². The van der Waals surface area contributed by atoms with Crippen molar-refractivity contribution in [3.63, 3.8) is 0 Å². The number of hydrogen-bond donors (Lipinski definition) is 0. The van der Waals surface area contributed by atoms with Gasteiger partial charge in [0.2, 0.25) is 0 Å². The summed E-state index contributed by atoms with van der Waals surface area (Å²) in [7, 11) is 1.80. The summed E-state index contributed by atoms with van der Waals surface area (Å²) < 4.78 is 3.36. The molecule has 0 aliphatic heterocycles. The molecule has 1 aromatic carbocycles. The molecule has 0 amide bonds. The van der Waals surface area contributed by atoms with E-state index in [0.29, 0.717) is 11.0 Å². The van der Waals surface area contributed by atoms with Crippen molar-refractivity contribution in [3.05, 3.63) is 58.3 Å². The molecule has 0 bridgehead atoms. The van der Waals surface area contributed by atoms with Crippen LogP contribution in [-0.2, 0) is 19.9 Å². The molecule has 0 fully saturated rings. The number of aryl methyl sites for hydroxylation is 1. The number of rotatable bonds is 1. The van der Waals surface area contributed by atoms with Crippen LogP contribution in [-0.4, -0.2) is 19.3 Å². The molecular formula is C15H14N4O. The molecule has 0 radical (unpaired) electrons. The van der Waals surface area contributed by atoms with Gasteiger partial charge in [0, 0.05) is 13.1 Å². The normalized spacial score (nSPS) is 14.8. The maximum absolute atomic E-state index is 12.5. The van der Waals surface area contributed by atoms with E-state index in [1.807, 2.05) is 12.1 Å². The Morgan fingerprint density at radius 1 is 1.20 bits per heavy atom. The quantitative estimate of drug-likeness (QED) is 0.670. The maximum Gasteiger partial charge on any atom is 0.282 e. The Morgan fingerprint density at radius 3 is 2.60 bits per heavy atom. The molecule has 1 aliphatic rings. The lowest BCUT2D eigenvalue weighted by atomic mass is 10.1. The monoisotopic (exact) mass is 266 g/mol. The smallest absolute Gasteiger partial charge is 0.282 e. The van der Waals surface area contributed by atoms with E-state index in [0.717, 1.165) is 12.8 Å². The molecule has 0 spiro atoms. The molecule has 5 heteroatoms. The molecule has 4 rings (SSSR count). The summed E-state index contributed by atoms with van der Waals surface area (Å²) in [6.45, 7) is 0. The van der Waals surface area contributed by atoms with Gasteiger partial charge in [0.25, 0.3) is 5.56 Å². The summed E-state index contributed by atoms with van der Waals surface area (Å²) in [4.78, 5) is 16.9. The van der Waals surface area contributed by atoms with Crippen molar-refractivity contribution in [1.29, 1.82) is 0 Å². The number of fused-ring (bicyclic) bond motifs is 2. The van der Waals surface area contributed by atoms with Crippen LogP contribution in [0.3, 0.4) is 0 Å². The highest BCUT2D eigenvalue weighted by atomic mass is 16.1. The van der Waals surface area contributed by atoms with Gasteiger partial charge >= 0.3 is 0 Å². The molecule has 0 atom stereocenters. The highest BCUT2D eigenvalue weighted by Gasteiger charge is 2.24.